The van der Waals surface area contributed by atoms with E-state index in [1.54, 1.807) is 0 Å². The van der Waals surface area contributed by atoms with Gasteiger partial charge in [0.05, 0.1) is 0 Å². The molecule has 3 atom stereocenters. The molecule has 1 fully saturated rings. The molecule has 2 nitrogen and oxygen atoms in total. The monoisotopic (exact) mass is 246 g/mol. The second-order valence-corrected chi connectivity index (χ2v) is 5.95. The van der Waals surface area contributed by atoms with Crippen molar-refractivity contribution < 1.29 is 0 Å². The fourth-order valence-electron chi connectivity index (χ4n) is 3.59. The minimum Gasteiger partial charge on any atom is -0.330 e. The number of hydrogen-bond donors (Lipinski definition) is 1. The minimum absolute atomic E-state index is 0.266. The van der Waals surface area contributed by atoms with Crippen molar-refractivity contribution in [2.75, 3.05) is 20.1 Å². The number of rotatable bonds is 3. The maximum atomic E-state index is 5.91. The summed E-state index contributed by atoms with van der Waals surface area (Å²) in [6.45, 7) is 6.65. The molecule has 1 aliphatic heterocycles. The van der Waals surface area contributed by atoms with Crippen LogP contribution in [0.1, 0.15) is 32.3 Å². The summed E-state index contributed by atoms with van der Waals surface area (Å²) in [7, 11) is 2.23. The van der Waals surface area contributed by atoms with E-state index in [0.717, 1.165) is 19.5 Å². The van der Waals surface area contributed by atoms with E-state index in [1.165, 1.54) is 12.0 Å². The van der Waals surface area contributed by atoms with E-state index in [1.807, 2.05) is 0 Å². The van der Waals surface area contributed by atoms with Crippen LogP contribution in [0, 0.1) is 5.92 Å². The Bertz CT molecular complexity index is 376. The SMILES string of the molecule is C[C@@H]1CN(C)[C@@H](C)C[C@]1(CCN)c1ccccc1. The van der Waals surface area contributed by atoms with Gasteiger partial charge < -0.3 is 10.6 Å². The maximum Gasteiger partial charge on any atom is 0.00726 e. The van der Waals surface area contributed by atoms with Gasteiger partial charge in [-0.05, 0) is 44.8 Å². The van der Waals surface area contributed by atoms with Crippen LogP contribution in [0.3, 0.4) is 0 Å². The Morgan fingerprint density at radius 3 is 2.56 bits per heavy atom. The molecule has 1 aromatic rings. The minimum atomic E-state index is 0.266. The Morgan fingerprint density at radius 1 is 1.28 bits per heavy atom. The normalized spacial score (nSPS) is 33.6. The van der Waals surface area contributed by atoms with Crippen LogP contribution in [0.4, 0.5) is 0 Å². The lowest BCUT2D eigenvalue weighted by Crippen LogP contribution is -2.52. The molecule has 100 valence electrons. The van der Waals surface area contributed by atoms with Crippen molar-refractivity contribution in [2.24, 2.45) is 11.7 Å². The first kappa shape index (κ1) is 13.6. The summed E-state index contributed by atoms with van der Waals surface area (Å²) in [5, 5.41) is 0. The maximum absolute atomic E-state index is 5.91. The van der Waals surface area contributed by atoms with Gasteiger partial charge in [-0.1, -0.05) is 37.3 Å². The fourth-order valence-corrected chi connectivity index (χ4v) is 3.59. The predicted molar refractivity (Wildman–Crippen MR) is 77.7 cm³/mol. The largest absolute Gasteiger partial charge is 0.330 e. The summed E-state index contributed by atoms with van der Waals surface area (Å²) in [5.74, 6) is 0.657. The molecule has 2 heteroatoms. The Kier molecular flexibility index (Phi) is 4.08. The molecule has 0 aliphatic carbocycles. The molecular formula is C16H26N2. The first-order valence-corrected chi connectivity index (χ1v) is 7.06. The van der Waals surface area contributed by atoms with Crippen LogP contribution in [0.25, 0.3) is 0 Å². The number of likely N-dealkylation sites (tertiary alicyclic amines) is 1. The van der Waals surface area contributed by atoms with Gasteiger partial charge in [-0.3, -0.25) is 0 Å². The molecule has 0 bridgehead atoms. The standard InChI is InChI=1S/C16H26N2/c1-13-12-18(3)14(2)11-16(13,9-10-17)15-7-5-4-6-8-15/h4-8,13-14H,9-12,17H2,1-3H3/t13-,14+,16+/m1/s1. The average Bonchev–Trinajstić information content (AvgIpc) is 2.37. The molecule has 1 aromatic carbocycles. The summed E-state index contributed by atoms with van der Waals surface area (Å²) in [6.07, 6.45) is 2.31. The van der Waals surface area contributed by atoms with E-state index in [0.29, 0.717) is 12.0 Å². The van der Waals surface area contributed by atoms with Gasteiger partial charge in [-0.15, -0.1) is 0 Å². The van der Waals surface area contributed by atoms with Crippen LogP contribution in [0.15, 0.2) is 30.3 Å². The molecule has 2 N–H and O–H groups in total. The van der Waals surface area contributed by atoms with Crippen LogP contribution >= 0.6 is 0 Å². The molecule has 1 saturated heterocycles. The topological polar surface area (TPSA) is 29.3 Å². The van der Waals surface area contributed by atoms with Gasteiger partial charge >= 0.3 is 0 Å². The fraction of sp³-hybridized carbons (Fsp3) is 0.625. The first-order chi connectivity index (χ1) is 8.60. The van der Waals surface area contributed by atoms with Crippen molar-refractivity contribution in [2.45, 2.75) is 38.1 Å². The third-order valence-electron chi connectivity index (χ3n) is 4.86. The smallest absolute Gasteiger partial charge is 0.00726 e. The van der Waals surface area contributed by atoms with Crippen LogP contribution < -0.4 is 5.73 Å². The average molecular weight is 246 g/mol. The highest BCUT2D eigenvalue weighted by Gasteiger charge is 2.42. The van der Waals surface area contributed by atoms with Gasteiger partial charge in [0.1, 0.15) is 0 Å². The highest BCUT2D eigenvalue weighted by atomic mass is 15.1. The van der Waals surface area contributed by atoms with Crippen molar-refractivity contribution in [3.05, 3.63) is 35.9 Å². The molecule has 0 unspecified atom stereocenters. The number of hydrogen-bond acceptors (Lipinski definition) is 2. The summed E-state index contributed by atoms with van der Waals surface area (Å²) in [4.78, 5) is 2.47. The molecule has 0 spiro atoms. The number of benzene rings is 1. The number of nitrogens with zero attached hydrogens (tertiary/aromatic N) is 1. The molecule has 18 heavy (non-hydrogen) atoms. The van der Waals surface area contributed by atoms with Gasteiger partial charge in [0.25, 0.3) is 0 Å². The summed E-state index contributed by atoms with van der Waals surface area (Å²) in [6, 6.07) is 11.6. The van der Waals surface area contributed by atoms with Crippen molar-refractivity contribution in [3.8, 4) is 0 Å². The molecule has 1 heterocycles. The van der Waals surface area contributed by atoms with Crippen molar-refractivity contribution in [3.63, 3.8) is 0 Å². The highest BCUT2D eigenvalue weighted by Crippen LogP contribution is 2.43. The molecule has 0 aromatic heterocycles. The first-order valence-electron chi connectivity index (χ1n) is 7.06. The van der Waals surface area contributed by atoms with E-state index in [-0.39, 0.29) is 5.41 Å². The lowest BCUT2D eigenvalue weighted by Gasteiger charge is -2.49. The summed E-state index contributed by atoms with van der Waals surface area (Å²) >= 11 is 0. The van der Waals surface area contributed by atoms with Gasteiger partial charge in [0, 0.05) is 18.0 Å². The number of piperidine rings is 1. The lowest BCUT2D eigenvalue weighted by molar-refractivity contribution is 0.0704. The van der Waals surface area contributed by atoms with Gasteiger partial charge in [-0.2, -0.15) is 0 Å². The van der Waals surface area contributed by atoms with Crippen molar-refractivity contribution in [1.82, 2.24) is 4.90 Å². The summed E-state index contributed by atoms with van der Waals surface area (Å²) < 4.78 is 0. The zero-order valence-electron chi connectivity index (χ0n) is 11.9. The van der Waals surface area contributed by atoms with E-state index < -0.39 is 0 Å². The molecule has 0 saturated carbocycles. The zero-order chi connectivity index (χ0) is 13.2. The molecule has 2 rings (SSSR count). The van der Waals surface area contributed by atoms with Gasteiger partial charge in [-0.25, -0.2) is 0 Å². The van der Waals surface area contributed by atoms with Crippen LogP contribution in [-0.2, 0) is 5.41 Å². The summed E-state index contributed by atoms with van der Waals surface area (Å²) in [5.41, 5.74) is 7.65. The molecule has 1 aliphatic rings. The quantitative estimate of drug-likeness (QED) is 0.888. The van der Waals surface area contributed by atoms with Crippen LogP contribution in [-0.4, -0.2) is 31.1 Å². The second-order valence-electron chi connectivity index (χ2n) is 5.95. The molecule has 0 radical (unpaired) electrons. The predicted octanol–water partition coefficient (Wildman–Crippen LogP) is 2.63. The van der Waals surface area contributed by atoms with E-state index in [9.17, 15) is 0 Å². The van der Waals surface area contributed by atoms with Crippen LogP contribution in [0.5, 0.6) is 0 Å². The van der Waals surface area contributed by atoms with Crippen molar-refractivity contribution in [1.29, 1.82) is 0 Å². The number of nitrogens with two attached hydrogens (primary N) is 1. The van der Waals surface area contributed by atoms with Gasteiger partial charge in [0.2, 0.25) is 0 Å². The molecule has 0 amide bonds. The third kappa shape index (κ3) is 2.32. The van der Waals surface area contributed by atoms with Gasteiger partial charge in [0.15, 0.2) is 0 Å². The second kappa shape index (κ2) is 5.41. The van der Waals surface area contributed by atoms with E-state index >= 15 is 0 Å². The Labute approximate surface area is 111 Å². The van der Waals surface area contributed by atoms with Crippen LogP contribution in [0.2, 0.25) is 0 Å². The molecular weight excluding hydrogens is 220 g/mol. The Morgan fingerprint density at radius 2 is 1.94 bits per heavy atom. The highest BCUT2D eigenvalue weighted by molar-refractivity contribution is 5.28. The van der Waals surface area contributed by atoms with E-state index in [4.69, 9.17) is 5.73 Å². The van der Waals surface area contributed by atoms with Crippen molar-refractivity contribution >= 4 is 0 Å². The van der Waals surface area contributed by atoms with E-state index in [2.05, 4.69) is 56.1 Å². The lowest BCUT2D eigenvalue weighted by atomic mass is 9.63. The zero-order valence-corrected chi connectivity index (χ0v) is 11.9. The Hall–Kier alpha value is -0.860. The third-order valence-corrected chi connectivity index (χ3v) is 4.86. The Balaban J connectivity index is 2.37.